The molecule has 3 unspecified atom stereocenters. The SMILES string of the molecule is CC(C)(C)OC(=O)N1C2CCC(C2)C1C1=NC=C(c2ccc([B]OC(C)(C)C(C)(C)[OH2+])cc2)[NH2+]1. The molecular weight excluding hydrogens is 429 g/mol. The number of hydrogen-bond acceptors (Lipinski definition) is 4. The second kappa shape index (κ2) is 8.81. The van der Waals surface area contributed by atoms with Gasteiger partial charge in [-0.3, -0.25) is 10.2 Å². The van der Waals surface area contributed by atoms with Crippen LogP contribution < -0.4 is 10.8 Å². The number of likely N-dealkylation sites (tertiary alicyclic amines) is 1. The lowest BCUT2D eigenvalue weighted by molar-refractivity contribution is -0.436. The molecular formula is C26H39BN3O4+2. The number of quaternary nitrogens is 1. The zero-order valence-corrected chi connectivity index (χ0v) is 21.5. The molecule has 0 spiro atoms. The number of carbonyl (C=O) groups excluding carboxylic acids is 1. The third kappa shape index (κ3) is 5.09. The van der Waals surface area contributed by atoms with E-state index in [0.717, 1.165) is 41.8 Å². The lowest BCUT2D eigenvalue weighted by atomic mass is 9.82. The molecule has 3 atom stereocenters. The molecule has 1 saturated carbocycles. The van der Waals surface area contributed by atoms with E-state index in [1.807, 2.05) is 71.7 Å². The van der Waals surface area contributed by atoms with Crippen LogP contribution in [0.25, 0.3) is 5.70 Å². The molecule has 1 amide bonds. The normalized spacial score (nSPS) is 24.8. The van der Waals surface area contributed by atoms with Crippen LogP contribution in [0.4, 0.5) is 4.79 Å². The summed E-state index contributed by atoms with van der Waals surface area (Å²) in [6.07, 6.45) is 4.88. The van der Waals surface area contributed by atoms with Gasteiger partial charge in [0.25, 0.3) is 0 Å². The summed E-state index contributed by atoms with van der Waals surface area (Å²) < 4.78 is 11.7. The van der Waals surface area contributed by atoms with E-state index in [-0.39, 0.29) is 18.2 Å². The minimum Gasteiger partial charge on any atom is -0.444 e. The molecule has 1 aromatic carbocycles. The Morgan fingerprint density at radius 2 is 1.79 bits per heavy atom. The van der Waals surface area contributed by atoms with Crippen molar-refractivity contribution in [2.45, 2.75) is 96.6 Å². The van der Waals surface area contributed by atoms with Crippen molar-refractivity contribution in [3.05, 3.63) is 36.0 Å². The van der Waals surface area contributed by atoms with Crippen molar-refractivity contribution < 1.29 is 24.6 Å². The van der Waals surface area contributed by atoms with Crippen LogP contribution in [0.15, 0.2) is 35.5 Å². The maximum Gasteiger partial charge on any atom is 0.411 e. The van der Waals surface area contributed by atoms with E-state index in [1.165, 1.54) is 0 Å². The Labute approximate surface area is 203 Å². The molecule has 2 bridgehead atoms. The smallest absolute Gasteiger partial charge is 0.411 e. The molecule has 183 valence electrons. The Bertz CT molecular complexity index is 989. The summed E-state index contributed by atoms with van der Waals surface area (Å²) in [7, 11) is 1.72. The minimum absolute atomic E-state index is 0.0150. The monoisotopic (exact) mass is 468 g/mol. The van der Waals surface area contributed by atoms with E-state index < -0.39 is 16.8 Å². The summed E-state index contributed by atoms with van der Waals surface area (Å²) in [6, 6.07) is 8.37. The number of amidine groups is 1. The van der Waals surface area contributed by atoms with Gasteiger partial charge in [-0.15, -0.1) is 0 Å². The lowest BCUT2D eigenvalue weighted by Gasteiger charge is -2.35. The summed E-state index contributed by atoms with van der Waals surface area (Å²) >= 11 is 0. The van der Waals surface area contributed by atoms with Gasteiger partial charge in [0.15, 0.2) is 11.3 Å². The fourth-order valence-corrected chi connectivity index (χ4v) is 4.76. The Morgan fingerprint density at radius 3 is 2.41 bits per heavy atom. The number of ether oxygens (including phenoxy) is 1. The average Bonchev–Trinajstić information content (AvgIpc) is 3.46. The fraction of sp³-hybridized carbons (Fsp3) is 0.615. The van der Waals surface area contributed by atoms with E-state index in [2.05, 4.69) is 17.4 Å². The van der Waals surface area contributed by atoms with E-state index in [9.17, 15) is 4.79 Å². The van der Waals surface area contributed by atoms with Crippen LogP contribution in [-0.4, -0.2) is 58.3 Å². The molecule has 4 N–H and O–H groups in total. The van der Waals surface area contributed by atoms with Crippen LogP contribution in [0.5, 0.6) is 0 Å². The molecule has 7 nitrogen and oxygen atoms in total. The Balaban J connectivity index is 1.39. The number of nitrogens with zero attached hydrogens (tertiary/aromatic N) is 2. The predicted octanol–water partition coefficient (Wildman–Crippen LogP) is 2.29. The molecule has 1 radical (unpaired) electrons. The first-order chi connectivity index (χ1) is 15.7. The average molecular weight is 468 g/mol. The quantitative estimate of drug-likeness (QED) is 0.513. The van der Waals surface area contributed by atoms with Gasteiger partial charge < -0.3 is 14.5 Å². The third-order valence-electron chi connectivity index (χ3n) is 7.39. The second-order valence-corrected chi connectivity index (χ2v) is 11.8. The number of nitrogens with two attached hydrogens (primary N) is 1. The van der Waals surface area contributed by atoms with Gasteiger partial charge in [0.2, 0.25) is 5.84 Å². The molecule has 2 fully saturated rings. The summed E-state index contributed by atoms with van der Waals surface area (Å²) in [5.41, 5.74) is 1.24. The largest absolute Gasteiger partial charge is 0.444 e. The molecule has 2 aliphatic heterocycles. The topological polar surface area (TPSA) is 90.6 Å². The minimum atomic E-state index is -0.715. The highest BCUT2D eigenvalue weighted by Gasteiger charge is 2.53. The van der Waals surface area contributed by atoms with Crippen molar-refractivity contribution in [1.29, 1.82) is 0 Å². The number of aliphatic imine (C=N–C) groups is 1. The van der Waals surface area contributed by atoms with E-state index in [4.69, 9.17) is 19.5 Å². The molecule has 1 aromatic rings. The maximum absolute atomic E-state index is 13.0. The number of fused-ring (bicyclic) bond motifs is 2. The number of carbonyl (C=O) groups is 1. The summed E-state index contributed by atoms with van der Waals surface area (Å²) in [5, 5.41) is 10.4. The zero-order chi connectivity index (χ0) is 24.9. The number of rotatable bonds is 6. The van der Waals surface area contributed by atoms with Crippen molar-refractivity contribution >= 4 is 30.6 Å². The van der Waals surface area contributed by atoms with Gasteiger partial charge in [0.1, 0.15) is 17.2 Å². The summed E-state index contributed by atoms with van der Waals surface area (Å²) in [6.45, 7) is 13.3. The van der Waals surface area contributed by atoms with Crippen LogP contribution in [0.3, 0.4) is 0 Å². The Morgan fingerprint density at radius 1 is 1.12 bits per heavy atom. The lowest BCUT2D eigenvalue weighted by Crippen LogP contribution is -2.87. The van der Waals surface area contributed by atoms with Gasteiger partial charge in [-0.25, -0.2) is 9.79 Å². The number of piperidine rings is 1. The first kappa shape index (κ1) is 25.0. The number of amides is 1. The molecule has 34 heavy (non-hydrogen) atoms. The van der Waals surface area contributed by atoms with Crippen LogP contribution in [0.2, 0.25) is 0 Å². The first-order valence-corrected chi connectivity index (χ1v) is 12.3. The van der Waals surface area contributed by atoms with Gasteiger partial charge in [-0.2, -0.15) is 0 Å². The highest BCUT2D eigenvalue weighted by molar-refractivity contribution is 6.47. The predicted molar refractivity (Wildman–Crippen MR) is 135 cm³/mol. The van der Waals surface area contributed by atoms with Crippen molar-refractivity contribution in [2.75, 3.05) is 0 Å². The fourth-order valence-electron chi connectivity index (χ4n) is 4.76. The molecule has 1 aliphatic carbocycles. The first-order valence-electron chi connectivity index (χ1n) is 12.3. The molecule has 8 heteroatoms. The molecule has 1 saturated heterocycles. The molecule has 4 rings (SSSR count). The van der Waals surface area contributed by atoms with E-state index in [1.54, 1.807) is 7.48 Å². The van der Waals surface area contributed by atoms with Crippen LogP contribution >= 0.6 is 0 Å². The van der Waals surface area contributed by atoms with Crippen molar-refractivity contribution in [1.82, 2.24) is 4.90 Å². The van der Waals surface area contributed by atoms with Crippen LogP contribution in [-0.2, 0) is 9.39 Å². The van der Waals surface area contributed by atoms with Crippen LogP contribution in [0, 0.1) is 5.92 Å². The van der Waals surface area contributed by atoms with Crippen LogP contribution in [0.1, 0.15) is 73.3 Å². The Kier molecular flexibility index (Phi) is 6.47. The maximum atomic E-state index is 13.0. The van der Waals surface area contributed by atoms with Gasteiger partial charge in [0, 0.05) is 25.5 Å². The standard InChI is InChI=1S/C26H37BN3O4/c1-24(2,3)33-23(31)30-19-13-10-17(14-19)21(30)22-28-15-20(29-22)16-8-11-18(12-9-16)27-34-26(6,7)25(4,5)32/h8-9,11-12,15,17,19,21,32H,10,13-14H2,1-7H3,(H,28,29)/p+2. The second-order valence-electron chi connectivity index (χ2n) is 11.8. The van der Waals surface area contributed by atoms with E-state index in [0.29, 0.717) is 5.92 Å². The highest BCUT2D eigenvalue weighted by Crippen LogP contribution is 2.43. The van der Waals surface area contributed by atoms with Gasteiger partial charge in [-0.1, -0.05) is 17.6 Å². The molecule has 3 aliphatic rings. The summed E-state index contributed by atoms with van der Waals surface area (Å²) in [5.74, 6) is 1.39. The van der Waals surface area contributed by atoms with Crippen molar-refractivity contribution in [2.24, 2.45) is 10.9 Å². The van der Waals surface area contributed by atoms with Gasteiger partial charge in [-0.05, 0) is 71.9 Å². The van der Waals surface area contributed by atoms with E-state index >= 15 is 0 Å². The molecule has 0 aromatic heterocycles. The molecule has 2 heterocycles. The third-order valence-corrected chi connectivity index (χ3v) is 7.39. The number of hydrogen-bond donors (Lipinski definition) is 1. The van der Waals surface area contributed by atoms with Gasteiger partial charge in [0.05, 0.1) is 6.20 Å². The highest BCUT2D eigenvalue weighted by atomic mass is 16.6. The summed E-state index contributed by atoms with van der Waals surface area (Å²) in [4.78, 5) is 19.7. The zero-order valence-electron chi connectivity index (χ0n) is 21.5. The Hall–Kier alpha value is -2.16. The van der Waals surface area contributed by atoms with Crippen molar-refractivity contribution in [3.63, 3.8) is 0 Å². The van der Waals surface area contributed by atoms with Crippen molar-refractivity contribution in [3.8, 4) is 0 Å². The van der Waals surface area contributed by atoms with Gasteiger partial charge >= 0.3 is 13.6 Å². The number of benzene rings is 1.